The van der Waals surface area contributed by atoms with Crippen LogP contribution in [0.15, 0.2) is 53.4 Å². The van der Waals surface area contributed by atoms with Gasteiger partial charge in [0.25, 0.3) is 15.9 Å². The topological polar surface area (TPSA) is 111 Å². The van der Waals surface area contributed by atoms with Crippen LogP contribution >= 0.6 is 0 Å². The first-order chi connectivity index (χ1) is 13.3. The average Bonchev–Trinajstić information content (AvgIpc) is 2.68. The normalized spacial score (nSPS) is 12.0. The first-order valence-corrected chi connectivity index (χ1v) is 10.0. The standard InChI is InChI=1S/C19H22N2O6S/c1-4-26-19(23)14-5-7-15(8-6-14)21-28(24,25)17-11-9-16(10-12-17)27-13(2)18(22)20-3/h5-13,21H,4H2,1-3H3,(H,20,22)/t13-/m1/s1. The number of ether oxygens (including phenoxy) is 2. The molecule has 1 amide bonds. The van der Waals surface area contributed by atoms with Crippen molar-refractivity contribution in [3.05, 3.63) is 54.1 Å². The summed E-state index contributed by atoms with van der Waals surface area (Å²) in [6.45, 7) is 3.55. The molecule has 0 unspecified atom stereocenters. The Bertz CT molecular complexity index is 924. The minimum atomic E-state index is -3.82. The largest absolute Gasteiger partial charge is 0.481 e. The molecule has 0 saturated carbocycles. The van der Waals surface area contributed by atoms with Gasteiger partial charge < -0.3 is 14.8 Å². The van der Waals surface area contributed by atoms with Crippen molar-refractivity contribution >= 4 is 27.6 Å². The van der Waals surface area contributed by atoms with Gasteiger partial charge in [0, 0.05) is 12.7 Å². The summed E-state index contributed by atoms with van der Waals surface area (Å²) in [6.07, 6.45) is -0.705. The zero-order valence-electron chi connectivity index (χ0n) is 15.8. The molecule has 8 nitrogen and oxygen atoms in total. The summed E-state index contributed by atoms with van der Waals surface area (Å²) in [5.41, 5.74) is 0.637. The molecular weight excluding hydrogens is 384 g/mol. The number of esters is 1. The molecule has 0 aliphatic rings. The Labute approximate surface area is 163 Å². The Morgan fingerprint density at radius 2 is 1.64 bits per heavy atom. The van der Waals surface area contributed by atoms with Crippen molar-refractivity contribution in [3.8, 4) is 5.75 Å². The van der Waals surface area contributed by atoms with Crippen LogP contribution in [-0.4, -0.2) is 40.1 Å². The SMILES string of the molecule is CCOC(=O)c1ccc(NS(=O)(=O)c2ccc(O[C@H](C)C(=O)NC)cc2)cc1. The van der Waals surface area contributed by atoms with Crippen LogP contribution in [-0.2, 0) is 19.6 Å². The molecule has 28 heavy (non-hydrogen) atoms. The second-order valence-corrected chi connectivity index (χ2v) is 7.43. The molecule has 0 bridgehead atoms. The summed E-state index contributed by atoms with van der Waals surface area (Å²) in [5.74, 6) is -0.392. The predicted molar refractivity (Wildman–Crippen MR) is 104 cm³/mol. The third-order valence-electron chi connectivity index (χ3n) is 3.71. The zero-order chi connectivity index (χ0) is 20.7. The lowest BCUT2D eigenvalue weighted by Gasteiger charge is -2.14. The van der Waals surface area contributed by atoms with E-state index in [1.807, 2.05) is 0 Å². The van der Waals surface area contributed by atoms with Crippen molar-refractivity contribution in [1.82, 2.24) is 5.32 Å². The Kier molecular flexibility index (Phi) is 7.00. The van der Waals surface area contributed by atoms with Crippen LogP contribution in [0.5, 0.6) is 5.75 Å². The first kappa shape index (κ1) is 21.2. The number of nitrogens with one attached hydrogen (secondary N) is 2. The van der Waals surface area contributed by atoms with Crippen LogP contribution in [0, 0.1) is 0 Å². The van der Waals surface area contributed by atoms with Crippen molar-refractivity contribution in [1.29, 1.82) is 0 Å². The number of likely N-dealkylation sites (N-methyl/N-ethyl adjacent to an activating group) is 1. The highest BCUT2D eigenvalue weighted by Gasteiger charge is 2.16. The summed E-state index contributed by atoms with van der Waals surface area (Å²) in [4.78, 5) is 23.1. The van der Waals surface area contributed by atoms with Gasteiger partial charge in [-0.1, -0.05) is 0 Å². The van der Waals surface area contributed by atoms with E-state index in [0.29, 0.717) is 17.0 Å². The van der Waals surface area contributed by atoms with Gasteiger partial charge in [0.1, 0.15) is 5.75 Å². The van der Waals surface area contributed by atoms with Crippen molar-refractivity contribution < 1.29 is 27.5 Å². The number of hydrogen-bond donors (Lipinski definition) is 2. The molecule has 2 N–H and O–H groups in total. The fourth-order valence-corrected chi connectivity index (χ4v) is 3.32. The second-order valence-electron chi connectivity index (χ2n) is 5.75. The number of carbonyl (C=O) groups excluding carboxylic acids is 2. The van der Waals surface area contributed by atoms with E-state index in [-0.39, 0.29) is 17.4 Å². The Hall–Kier alpha value is -3.07. The number of rotatable bonds is 8. The van der Waals surface area contributed by atoms with E-state index in [4.69, 9.17) is 9.47 Å². The minimum absolute atomic E-state index is 0.0296. The third-order valence-corrected chi connectivity index (χ3v) is 5.11. The maximum atomic E-state index is 12.5. The molecule has 2 aromatic rings. The van der Waals surface area contributed by atoms with Crippen LogP contribution in [0.3, 0.4) is 0 Å². The number of hydrogen-bond acceptors (Lipinski definition) is 6. The van der Waals surface area contributed by atoms with E-state index in [2.05, 4.69) is 10.0 Å². The van der Waals surface area contributed by atoms with Gasteiger partial charge in [0.2, 0.25) is 0 Å². The maximum absolute atomic E-state index is 12.5. The molecule has 9 heteroatoms. The number of sulfonamides is 1. The van der Waals surface area contributed by atoms with Gasteiger partial charge in [-0.2, -0.15) is 0 Å². The molecule has 150 valence electrons. The molecule has 0 fully saturated rings. The molecule has 0 aliphatic carbocycles. The molecule has 0 saturated heterocycles. The number of carbonyl (C=O) groups is 2. The van der Waals surface area contributed by atoms with Crippen molar-refractivity contribution in [2.45, 2.75) is 24.8 Å². The van der Waals surface area contributed by atoms with Gasteiger partial charge in [-0.05, 0) is 62.4 Å². The van der Waals surface area contributed by atoms with E-state index in [9.17, 15) is 18.0 Å². The molecule has 1 atom stereocenters. The lowest BCUT2D eigenvalue weighted by Crippen LogP contribution is -2.33. The Morgan fingerprint density at radius 1 is 1.04 bits per heavy atom. The summed E-state index contributed by atoms with van der Waals surface area (Å²) in [6, 6.07) is 11.6. The highest BCUT2D eigenvalue weighted by atomic mass is 32.2. The Morgan fingerprint density at radius 3 is 2.18 bits per heavy atom. The predicted octanol–water partition coefficient (Wildman–Crippen LogP) is 2.18. The second kappa shape index (κ2) is 9.23. The van der Waals surface area contributed by atoms with Crippen molar-refractivity contribution in [3.63, 3.8) is 0 Å². The van der Waals surface area contributed by atoms with E-state index in [1.165, 1.54) is 55.6 Å². The zero-order valence-corrected chi connectivity index (χ0v) is 16.6. The van der Waals surface area contributed by atoms with Gasteiger partial charge in [0.15, 0.2) is 6.10 Å². The van der Waals surface area contributed by atoms with E-state index in [0.717, 1.165) is 0 Å². The molecular formula is C19H22N2O6S. The third kappa shape index (κ3) is 5.46. The summed E-state index contributed by atoms with van der Waals surface area (Å²) in [7, 11) is -2.32. The van der Waals surface area contributed by atoms with Crippen LogP contribution in [0.2, 0.25) is 0 Å². The highest BCUT2D eigenvalue weighted by Crippen LogP contribution is 2.20. The smallest absolute Gasteiger partial charge is 0.338 e. The lowest BCUT2D eigenvalue weighted by atomic mass is 10.2. The lowest BCUT2D eigenvalue weighted by molar-refractivity contribution is -0.126. The first-order valence-electron chi connectivity index (χ1n) is 8.55. The fourth-order valence-electron chi connectivity index (χ4n) is 2.26. The van der Waals surface area contributed by atoms with Gasteiger partial charge in [0.05, 0.1) is 17.1 Å². The summed E-state index contributed by atoms with van der Waals surface area (Å²) >= 11 is 0. The van der Waals surface area contributed by atoms with E-state index in [1.54, 1.807) is 13.8 Å². The van der Waals surface area contributed by atoms with Crippen LogP contribution in [0.25, 0.3) is 0 Å². The summed E-state index contributed by atoms with van der Waals surface area (Å²) < 4.78 is 37.8. The molecule has 0 aromatic heterocycles. The fraction of sp³-hybridized carbons (Fsp3) is 0.263. The molecule has 2 aromatic carbocycles. The molecule has 2 rings (SSSR count). The molecule has 0 heterocycles. The number of benzene rings is 2. The highest BCUT2D eigenvalue weighted by molar-refractivity contribution is 7.92. The molecule has 0 radical (unpaired) electrons. The van der Waals surface area contributed by atoms with Crippen LogP contribution in [0.4, 0.5) is 5.69 Å². The van der Waals surface area contributed by atoms with Crippen molar-refractivity contribution in [2.75, 3.05) is 18.4 Å². The Balaban J connectivity index is 2.08. The maximum Gasteiger partial charge on any atom is 0.338 e. The molecule has 0 aliphatic heterocycles. The van der Waals surface area contributed by atoms with Gasteiger partial charge >= 0.3 is 5.97 Å². The van der Waals surface area contributed by atoms with Gasteiger partial charge in [-0.15, -0.1) is 0 Å². The van der Waals surface area contributed by atoms with Crippen molar-refractivity contribution in [2.24, 2.45) is 0 Å². The van der Waals surface area contributed by atoms with Crippen LogP contribution in [0.1, 0.15) is 24.2 Å². The average molecular weight is 406 g/mol. The minimum Gasteiger partial charge on any atom is -0.481 e. The van der Waals surface area contributed by atoms with E-state index >= 15 is 0 Å². The molecule has 0 spiro atoms. The number of amides is 1. The number of anilines is 1. The van der Waals surface area contributed by atoms with Crippen LogP contribution < -0.4 is 14.8 Å². The van der Waals surface area contributed by atoms with Gasteiger partial charge in [-0.25, -0.2) is 13.2 Å². The van der Waals surface area contributed by atoms with E-state index < -0.39 is 22.1 Å². The summed E-state index contributed by atoms with van der Waals surface area (Å²) in [5, 5.41) is 2.47. The van der Waals surface area contributed by atoms with Gasteiger partial charge in [-0.3, -0.25) is 9.52 Å². The quantitative estimate of drug-likeness (QED) is 0.650. The monoisotopic (exact) mass is 406 g/mol.